The first-order valence-electron chi connectivity index (χ1n) is 7.31. The summed E-state index contributed by atoms with van der Waals surface area (Å²) in [4.78, 5) is 12.0. The molecule has 98 valence electrons. The fourth-order valence-electron chi connectivity index (χ4n) is 2.97. The first-order valence-corrected chi connectivity index (χ1v) is 7.31. The Labute approximate surface area is 111 Å². The van der Waals surface area contributed by atoms with E-state index in [2.05, 4.69) is 31.2 Å². The molecule has 18 heavy (non-hydrogen) atoms. The van der Waals surface area contributed by atoms with Crippen molar-refractivity contribution in [1.82, 2.24) is 0 Å². The molecule has 0 N–H and O–H groups in total. The van der Waals surface area contributed by atoms with Gasteiger partial charge in [-0.25, -0.2) is 0 Å². The Kier molecular flexibility index (Phi) is 4.98. The zero-order valence-corrected chi connectivity index (χ0v) is 11.5. The van der Waals surface area contributed by atoms with Gasteiger partial charge in [-0.2, -0.15) is 0 Å². The van der Waals surface area contributed by atoms with Crippen molar-refractivity contribution in [2.45, 2.75) is 58.3 Å². The van der Waals surface area contributed by atoms with E-state index in [-0.39, 0.29) is 0 Å². The summed E-state index contributed by atoms with van der Waals surface area (Å²) in [6.45, 7) is 2.10. The van der Waals surface area contributed by atoms with Gasteiger partial charge in [-0.15, -0.1) is 0 Å². The number of rotatable bonds is 5. The van der Waals surface area contributed by atoms with E-state index in [1.165, 1.54) is 43.2 Å². The smallest absolute Gasteiger partial charge is 0.133 e. The Balaban J connectivity index is 1.74. The van der Waals surface area contributed by atoms with Gasteiger partial charge in [0.25, 0.3) is 0 Å². The molecule has 1 heteroatoms. The Morgan fingerprint density at radius 2 is 2.00 bits per heavy atom. The van der Waals surface area contributed by atoms with Crippen LogP contribution in [0.1, 0.15) is 56.1 Å². The van der Waals surface area contributed by atoms with Gasteiger partial charge >= 0.3 is 0 Å². The SMILES string of the molecule is Cc1cccc(CCC(=O)CC2CCCCC2)c1. The molecule has 0 unspecified atom stereocenters. The molecule has 0 amide bonds. The second-order valence-electron chi connectivity index (χ2n) is 5.74. The van der Waals surface area contributed by atoms with Crippen molar-refractivity contribution >= 4 is 5.78 Å². The lowest BCUT2D eigenvalue weighted by molar-refractivity contribution is -0.120. The normalized spacial score (nSPS) is 16.7. The first kappa shape index (κ1) is 13.3. The molecule has 0 bridgehead atoms. The summed E-state index contributed by atoms with van der Waals surface area (Å²) in [5.41, 5.74) is 2.58. The number of hydrogen-bond donors (Lipinski definition) is 0. The summed E-state index contributed by atoms with van der Waals surface area (Å²) in [6.07, 6.45) is 9.03. The van der Waals surface area contributed by atoms with Gasteiger partial charge < -0.3 is 0 Å². The van der Waals surface area contributed by atoms with E-state index < -0.39 is 0 Å². The van der Waals surface area contributed by atoms with Crippen LogP contribution >= 0.6 is 0 Å². The highest BCUT2D eigenvalue weighted by atomic mass is 16.1. The van der Waals surface area contributed by atoms with Crippen molar-refractivity contribution < 1.29 is 4.79 Å². The lowest BCUT2D eigenvalue weighted by atomic mass is 9.85. The van der Waals surface area contributed by atoms with Gasteiger partial charge in [-0.05, 0) is 24.8 Å². The van der Waals surface area contributed by atoms with Crippen LogP contribution in [0.5, 0.6) is 0 Å². The van der Waals surface area contributed by atoms with E-state index in [1.54, 1.807) is 0 Å². The molecule has 0 saturated heterocycles. The van der Waals surface area contributed by atoms with E-state index >= 15 is 0 Å². The maximum Gasteiger partial charge on any atom is 0.133 e. The molecule has 1 nitrogen and oxygen atoms in total. The predicted molar refractivity (Wildman–Crippen MR) is 75.7 cm³/mol. The monoisotopic (exact) mass is 244 g/mol. The molecule has 1 aliphatic rings. The van der Waals surface area contributed by atoms with Crippen LogP contribution in [-0.2, 0) is 11.2 Å². The van der Waals surface area contributed by atoms with Crippen molar-refractivity contribution in [2.24, 2.45) is 5.92 Å². The van der Waals surface area contributed by atoms with E-state index in [9.17, 15) is 4.79 Å². The van der Waals surface area contributed by atoms with E-state index in [4.69, 9.17) is 0 Å². The van der Waals surface area contributed by atoms with Crippen LogP contribution in [0.3, 0.4) is 0 Å². The van der Waals surface area contributed by atoms with Gasteiger partial charge in [-0.3, -0.25) is 4.79 Å². The topological polar surface area (TPSA) is 17.1 Å². The van der Waals surface area contributed by atoms with Crippen molar-refractivity contribution in [1.29, 1.82) is 0 Å². The van der Waals surface area contributed by atoms with E-state index in [0.717, 1.165) is 19.3 Å². The third kappa shape index (κ3) is 4.29. The largest absolute Gasteiger partial charge is 0.300 e. The molecule has 1 aromatic carbocycles. The van der Waals surface area contributed by atoms with Gasteiger partial charge in [0.1, 0.15) is 5.78 Å². The maximum absolute atomic E-state index is 12.0. The highest BCUT2D eigenvalue weighted by molar-refractivity contribution is 5.78. The van der Waals surface area contributed by atoms with E-state index in [0.29, 0.717) is 11.7 Å². The third-order valence-corrected chi connectivity index (χ3v) is 4.02. The summed E-state index contributed by atoms with van der Waals surface area (Å²) >= 11 is 0. The number of ketones is 1. The second kappa shape index (κ2) is 6.72. The van der Waals surface area contributed by atoms with Crippen LogP contribution in [0.2, 0.25) is 0 Å². The maximum atomic E-state index is 12.0. The zero-order chi connectivity index (χ0) is 12.8. The third-order valence-electron chi connectivity index (χ3n) is 4.02. The lowest BCUT2D eigenvalue weighted by Crippen LogP contribution is -2.12. The van der Waals surface area contributed by atoms with Gasteiger partial charge in [0.2, 0.25) is 0 Å². The Morgan fingerprint density at radius 1 is 1.22 bits per heavy atom. The molecule has 0 heterocycles. The van der Waals surface area contributed by atoms with Crippen molar-refractivity contribution in [3.8, 4) is 0 Å². The molecule has 1 aliphatic carbocycles. The fourth-order valence-corrected chi connectivity index (χ4v) is 2.97. The van der Waals surface area contributed by atoms with Gasteiger partial charge in [0.15, 0.2) is 0 Å². The summed E-state index contributed by atoms with van der Waals surface area (Å²) < 4.78 is 0. The van der Waals surface area contributed by atoms with Crippen LogP contribution in [0, 0.1) is 12.8 Å². The first-order chi connectivity index (χ1) is 8.74. The molecular weight excluding hydrogens is 220 g/mol. The van der Waals surface area contributed by atoms with Crippen molar-refractivity contribution in [3.63, 3.8) is 0 Å². The van der Waals surface area contributed by atoms with Crippen molar-refractivity contribution in [2.75, 3.05) is 0 Å². The van der Waals surface area contributed by atoms with Crippen LogP contribution in [0.15, 0.2) is 24.3 Å². The molecule has 0 aromatic heterocycles. The molecule has 0 spiro atoms. The number of carbonyl (C=O) groups excluding carboxylic acids is 1. The number of benzene rings is 1. The van der Waals surface area contributed by atoms with Crippen LogP contribution in [-0.4, -0.2) is 5.78 Å². The Bertz CT molecular complexity index is 388. The molecular formula is C17H24O. The average Bonchev–Trinajstić information content (AvgIpc) is 2.38. The van der Waals surface area contributed by atoms with Gasteiger partial charge in [0.05, 0.1) is 0 Å². The quantitative estimate of drug-likeness (QED) is 0.747. The lowest BCUT2D eigenvalue weighted by Gasteiger charge is -2.20. The Hall–Kier alpha value is -1.11. The number of carbonyl (C=O) groups is 1. The number of aryl methyl sites for hydroxylation is 2. The highest BCUT2D eigenvalue weighted by Crippen LogP contribution is 2.26. The Morgan fingerprint density at radius 3 is 2.72 bits per heavy atom. The summed E-state index contributed by atoms with van der Waals surface area (Å²) in [6, 6.07) is 8.50. The molecule has 1 fully saturated rings. The minimum Gasteiger partial charge on any atom is -0.300 e. The number of Topliss-reactive ketones (excluding diaryl/α,β-unsaturated/α-hetero) is 1. The van der Waals surface area contributed by atoms with Crippen LogP contribution in [0.25, 0.3) is 0 Å². The molecule has 0 aliphatic heterocycles. The second-order valence-corrected chi connectivity index (χ2v) is 5.74. The van der Waals surface area contributed by atoms with Gasteiger partial charge in [-0.1, -0.05) is 61.9 Å². The molecule has 2 rings (SSSR count). The van der Waals surface area contributed by atoms with Crippen LogP contribution < -0.4 is 0 Å². The zero-order valence-electron chi connectivity index (χ0n) is 11.5. The minimum absolute atomic E-state index is 0.461. The predicted octanol–water partition coefficient (Wildman–Crippen LogP) is 4.47. The number of hydrogen-bond acceptors (Lipinski definition) is 1. The average molecular weight is 244 g/mol. The molecule has 1 aromatic rings. The van der Waals surface area contributed by atoms with Crippen LogP contribution in [0.4, 0.5) is 0 Å². The minimum atomic E-state index is 0.461. The summed E-state index contributed by atoms with van der Waals surface area (Å²) in [5, 5.41) is 0. The standard InChI is InChI=1S/C17H24O/c1-14-6-5-9-16(12-14)10-11-17(18)13-15-7-3-2-4-8-15/h5-6,9,12,15H,2-4,7-8,10-11,13H2,1H3. The van der Waals surface area contributed by atoms with Gasteiger partial charge in [0, 0.05) is 12.8 Å². The highest BCUT2D eigenvalue weighted by Gasteiger charge is 2.16. The fraction of sp³-hybridized carbons (Fsp3) is 0.588. The summed E-state index contributed by atoms with van der Waals surface area (Å²) in [5.74, 6) is 1.15. The van der Waals surface area contributed by atoms with E-state index in [1.807, 2.05) is 0 Å². The molecule has 1 saturated carbocycles. The molecule has 0 atom stereocenters. The van der Waals surface area contributed by atoms with Crippen molar-refractivity contribution in [3.05, 3.63) is 35.4 Å². The summed E-state index contributed by atoms with van der Waals surface area (Å²) in [7, 11) is 0. The molecule has 0 radical (unpaired) electrons.